The lowest BCUT2D eigenvalue weighted by molar-refractivity contribution is 0.0963. The van der Waals surface area contributed by atoms with Gasteiger partial charge in [-0.2, -0.15) is 0 Å². The van der Waals surface area contributed by atoms with Crippen molar-refractivity contribution in [2.75, 3.05) is 13.1 Å². The molecule has 0 radical (unpaired) electrons. The molecule has 3 nitrogen and oxygen atoms in total. The molecule has 16 heavy (non-hydrogen) atoms. The van der Waals surface area contributed by atoms with Gasteiger partial charge in [0.1, 0.15) is 6.17 Å². The smallest absolute Gasteiger partial charge is 0.407 e. The number of likely N-dealkylation sites (tertiary alicyclic amines) is 1. The molecule has 1 N–H and O–H groups in total. The van der Waals surface area contributed by atoms with E-state index in [1.165, 1.54) is 0 Å². The number of piperidine rings is 1. The monoisotopic (exact) mass is 223 g/mol. The molecule has 1 amide bonds. The maximum atomic E-state index is 13.8. The first-order chi connectivity index (χ1) is 7.68. The van der Waals surface area contributed by atoms with Crippen LogP contribution in [0.5, 0.6) is 0 Å². The van der Waals surface area contributed by atoms with Gasteiger partial charge in [0.05, 0.1) is 6.54 Å². The summed E-state index contributed by atoms with van der Waals surface area (Å²) < 4.78 is 13.8. The van der Waals surface area contributed by atoms with Crippen LogP contribution in [0.4, 0.5) is 9.18 Å². The highest BCUT2D eigenvalue weighted by Crippen LogP contribution is 2.30. The molecule has 0 spiro atoms. The molecule has 1 heterocycles. The number of amides is 1. The summed E-state index contributed by atoms with van der Waals surface area (Å²) in [5.74, 6) is -0.170. The van der Waals surface area contributed by atoms with Crippen molar-refractivity contribution in [2.24, 2.45) is 0 Å². The zero-order valence-corrected chi connectivity index (χ0v) is 8.84. The average molecular weight is 223 g/mol. The second-order valence-corrected chi connectivity index (χ2v) is 4.05. The van der Waals surface area contributed by atoms with E-state index in [1.807, 2.05) is 30.3 Å². The van der Waals surface area contributed by atoms with Gasteiger partial charge in [-0.15, -0.1) is 0 Å². The Hall–Kier alpha value is -1.58. The van der Waals surface area contributed by atoms with Gasteiger partial charge in [0, 0.05) is 12.5 Å². The molecule has 1 aliphatic rings. The summed E-state index contributed by atoms with van der Waals surface area (Å²) in [6, 6.07) is 9.45. The minimum Gasteiger partial charge on any atom is -0.465 e. The van der Waals surface area contributed by atoms with Crippen LogP contribution in [0.3, 0.4) is 0 Å². The molecule has 1 saturated heterocycles. The fraction of sp³-hybridized carbons (Fsp3) is 0.417. The zero-order valence-electron chi connectivity index (χ0n) is 8.84. The molecule has 1 aromatic rings. The first-order valence-corrected chi connectivity index (χ1v) is 5.35. The second-order valence-electron chi connectivity index (χ2n) is 4.05. The van der Waals surface area contributed by atoms with E-state index >= 15 is 0 Å². The van der Waals surface area contributed by atoms with Crippen LogP contribution in [-0.4, -0.2) is 35.4 Å². The lowest BCUT2D eigenvalue weighted by atomic mass is 9.88. The molecule has 86 valence electrons. The third-order valence-electron chi connectivity index (χ3n) is 3.04. The van der Waals surface area contributed by atoms with E-state index in [-0.39, 0.29) is 12.5 Å². The van der Waals surface area contributed by atoms with Crippen LogP contribution in [-0.2, 0) is 0 Å². The molecule has 2 rings (SSSR count). The highest BCUT2D eigenvalue weighted by molar-refractivity contribution is 5.65. The molecule has 2 unspecified atom stereocenters. The number of halogens is 1. The lowest BCUT2D eigenvalue weighted by Crippen LogP contribution is -2.43. The number of nitrogens with zero attached hydrogens (tertiary/aromatic N) is 1. The maximum absolute atomic E-state index is 13.8. The van der Waals surface area contributed by atoms with Gasteiger partial charge >= 0.3 is 6.09 Å². The van der Waals surface area contributed by atoms with Crippen molar-refractivity contribution in [3.63, 3.8) is 0 Å². The fourth-order valence-electron chi connectivity index (χ4n) is 2.15. The van der Waals surface area contributed by atoms with Gasteiger partial charge in [0.15, 0.2) is 0 Å². The van der Waals surface area contributed by atoms with E-state index in [0.717, 1.165) is 10.5 Å². The third-order valence-corrected chi connectivity index (χ3v) is 3.04. The summed E-state index contributed by atoms with van der Waals surface area (Å²) in [4.78, 5) is 11.8. The number of hydrogen-bond donors (Lipinski definition) is 1. The van der Waals surface area contributed by atoms with Gasteiger partial charge in [-0.25, -0.2) is 9.18 Å². The molecule has 1 aliphatic heterocycles. The minimum atomic E-state index is -1.10. The van der Waals surface area contributed by atoms with Gasteiger partial charge in [0.25, 0.3) is 0 Å². The predicted molar refractivity (Wildman–Crippen MR) is 58.3 cm³/mol. The Kier molecular flexibility index (Phi) is 3.08. The van der Waals surface area contributed by atoms with Gasteiger partial charge in [-0.3, -0.25) is 0 Å². The van der Waals surface area contributed by atoms with E-state index < -0.39 is 12.3 Å². The van der Waals surface area contributed by atoms with Crippen molar-refractivity contribution < 1.29 is 14.3 Å². The van der Waals surface area contributed by atoms with Crippen molar-refractivity contribution >= 4 is 6.09 Å². The number of benzene rings is 1. The van der Waals surface area contributed by atoms with Crippen molar-refractivity contribution in [3.8, 4) is 0 Å². The molecule has 4 heteroatoms. The molecule has 1 fully saturated rings. The summed E-state index contributed by atoms with van der Waals surface area (Å²) >= 11 is 0. The van der Waals surface area contributed by atoms with Gasteiger partial charge < -0.3 is 10.0 Å². The quantitative estimate of drug-likeness (QED) is 0.794. The normalized spacial score (nSPS) is 25.4. The molecular weight excluding hydrogens is 209 g/mol. The number of rotatable bonds is 1. The van der Waals surface area contributed by atoms with Crippen LogP contribution < -0.4 is 0 Å². The average Bonchev–Trinajstić information content (AvgIpc) is 2.30. The molecule has 0 aromatic heterocycles. The number of hydrogen-bond acceptors (Lipinski definition) is 1. The standard InChI is InChI=1S/C12H14FNO2/c13-11-8-14(12(15)16)7-6-10(11)9-4-2-1-3-5-9/h1-5,10-11H,6-8H2,(H,15,16). The van der Waals surface area contributed by atoms with Gasteiger partial charge in [-0.1, -0.05) is 30.3 Å². The number of carbonyl (C=O) groups is 1. The third kappa shape index (κ3) is 2.15. The highest BCUT2D eigenvalue weighted by Gasteiger charge is 2.32. The number of carboxylic acid groups (broad SMARTS) is 1. The number of alkyl halides is 1. The van der Waals surface area contributed by atoms with E-state index in [2.05, 4.69) is 0 Å². The van der Waals surface area contributed by atoms with Crippen LogP contribution in [0.15, 0.2) is 30.3 Å². The highest BCUT2D eigenvalue weighted by atomic mass is 19.1. The topological polar surface area (TPSA) is 40.5 Å². The SMILES string of the molecule is O=C(O)N1CCC(c2ccccc2)C(F)C1. The Morgan fingerprint density at radius 2 is 2.06 bits per heavy atom. The Labute approximate surface area is 93.5 Å². The van der Waals surface area contributed by atoms with Crippen molar-refractivity contribution in [1.29, 1.82) is 0 Å². The van der Waals surface area contributed by atoms with Crippen LogP contribution >= 0.6 is 0 Å². The van der Waals surface area contributed by atoms with Crippen molar-refractivity contribution in [3.05, 3.63) is 35.9 Å². The maximum Gasteiger partial charge on any atom is 0.407 e. The van der Waals surface area contributed by atoms with Crippen LogP contribution in [0.25, 0.3) is 0 Å². The summed E-state index contributed by atoms with van der Waals surface area (Å²) in [6.07, 6.45) is -1.58. The first-order valence-electron chi connectivity index (χ1n) is 5.35. The van der Waals surface area contributed by atoms with E-state index in [1.54, 1.807) is 0 Å². The molecule has 0 aliphatic carbocycles. The van der Waals surface area contributed by atoms with Crippen LogP contribution in [0.2, 0.25) is 0 Å². The summed E-state index contributed by atoms with van der Waals surface area (Å²) in [5.41, 5.74) is 0.958. The largest absolute Gasteiger partial charge is 0.465 e. The molecule has 0 saturated carbocycles. The molecular formula is C12H14FNO2. The van der Waals surface area contributed by atoms with Gasteiger partial charge in [0.2, 0.25) is 0 Å². The van der Waals surface area contributed by atoms with Crippen molar-refractivity contribution in [1.82, 2.24) is 4.90 Å². The second kappa shape index (κ2) is 4.51. The van der Waals surface area contributed by atoms with Gasteiger partial charge in [-0.05, 0) is 12.0 Å². The van der Waals surface area contributed by atoms with E-state index in [0.29, 0.717) is 13.0 Å². The lowest BCUT2D eigenvalue weighted by Gasteiger charge is -2.33. The Balaban J connectivity index is 2.08. The Morgan fingerprint density at radius 3 is 2.62 bits per heavy atom. The molecule has 2 atom stereocenters. The van der Waals surface area contributed by atoms with Crippen LogP contribution in [0.1, 0.15) is 17.9 Å². The minimum absolute atomic E-state index is 0.0190. The summed E-state index contributed by atoms with van der Waals surface area (Å²) in [5, 5.41) is 8.77. The first kappa shape index (κ1) is 10.9. The summed E-state index contributed by atoms with van der Waals surface area (Å²) in [6.45, 7) is 0.393. The Morgan fingerprint density at radius 1 is 1.38 bits per heavy atom. The van der Waals surface area contributed by atoms with Crippen molar-refractivity contribution in [2.45, 2.75) is 18.5 Å². The summed E-state index contributed by atoms with van der Waals surface area (Å²) in [7, 11) is 0. The molecule has 1 aromatic carbocycles. The van der Waals surface area contributed by atoms with Crippen LogP contribution in [0, 0.1) is 0 Å². The fourth-order valence-corrected chi connectivity index (χ4v) is 2.15. The van der Waals surface area contributed by atoms with E-state index in [4.69, 9.17) is 5.11 Å². The predicted octanol–water partition coefficient (Wildman–Crippen LogP) is 2.49. The molecule has 0 bridgehead atoms. The van der Waals surface area contributed by atoms with E-state index in [9.17, 15) is 9.18 Å². The zero-order chi connectivity index (χ0) is 11.5. The Bertz CT molecular complexity index is 369.